The molecular formula is C12H11N5O3S. The van der Waals surface area contributed by atoms with Crippen LogP contribution < -0.4 is 0 Å². The molecule has 0 radical (unpaired) electrons. The number of nitrogens with zero attached hydrogens (tertiary/aromatic N) is 5. The van der Waals surface area contributed by atoms with Gasteiger partial charge in [0, 0.05) is 0 Å². The molecule has 21 heavy (non-hydrogen) atoms. The van der Waals surface area contributed by atoms with Crippen LogP contribution in [0, 0.1) is 0 Å². The van der Waals surface area contributed by atoms with E-state index in [1.807, 2.05) is 0 Å². The number of rotatable bonds is 4. The topological polar surface area (TPSA) is 84.6 Å². The smallest absolute Gasteiger partial charge is 0.337 e. The molecule has 1 fully saturated rings. The minimum absolute atomic E-state index is 0.154. The van der Waals surface area contributed by atoms with Crippen LogP contribution in [0.3, 0.4) is 0 Å². The molecular weight excluding hydrogens is 294 g/mol. The van der Waals surface area contributed by atoms with Crippen LogP contribution in [-0.4, -0.2) is 44.3 Å². The monoisotopic (exact) mass is 305 g/mol. The molecule has 4 rings (SSSR count). The summed E-state index contributed by atoms with van der Waals surface area (Å²) in [5.74, 6) is 0.361. The molecule has 9 heteroatoms. The molecule has 2 atom stereocenters. The lowest BCUT2D eigenvalue weighted by molar-refractivity contribution is -0.118. The maximum atomic E-state index is 12.5. The SMILES string of the molecule is C=CCON1C(=O)N2CC1c1scnc1C2c1ncno1. The highest BCUT2D eigenvalue weighted by atomic mass is 32.1. The van der Waals surface area contributed by atoms with E-state index in [1.54, 1.807) is 16.5 Å². The number of aromatic nitrogens is 3. The maximum Gasteiger partial charge on any atom is 0.345 e. The van der Waals surface area contributed by atoms with Crippen molar-refractivity contribution in [2.75, 3.05) is 13.2 Å². The van der Waals surface area contributed by atoms with E-state index in [-0.39, 0.29) is 18.7 Å². The average Bonchev–Trinajstić information content (AvgIpc) is 3.21. The number of carbonyl (C=O) groups excluding carboxylic acids is 1. The molecule has 1 saturated heterocycles. The maximum absolute atomic E-state index is 12.5. The molecule has 0 aromatic carbocycles. The van der Waals surface area contributed by atoms with Crippen LogP contribution in [0.4, 0.5) is 4.79 Å². The Morgan fingerprint density at radius 2 is 2.48 bits per heavy atom. The minimum Gasteiger partial charge on any atom is -0.337 e. The summed E-state index contributed by atoms with van der Waals surface area (Å²) in [4.78, 5) is 29.1. The van der Waals surface area contributed by atoms with Gasteiger partial charge in [-0.15, -0.1) is 17.9 Å². The summed E-state index contributed by atoms with van der Waals surface area (Å²) >= 11 is 1.50. The minimum atomic E-state index is -0.449. The standard InChI is InChI=1S/C12H11N5O3S/c1-2-3-19-17-7-4-16(12(17)18)9(11-13-5-15-20-11)8-10(7)21-6-14-8/h2,5-7,9H,1,3-4H2. The van der Waals surface area contributed by atoms with E-state index >= 15 is 0 Å². The molecule has 2 amide bonds. The van der Waals surface area contributed by atoms with E-state index in [0.29, 0.717) is 12.4 Å². The predicted molar refractivity (Wildman–Crippen MR) is 71.1 cm³/mol. The summed E-state index contributed by atoms with van der Waals surface area (Å²) in [5.41, 5.74) is 2.53. The van der Waals surface area contributed by atoms with Crippen molar-refractivity contribution < 1.29 is 14.2 Å². The third kappa shape index (κ3) is 1.71. The largest absolute Gasteiger partial charge is 0.345 e. The van der Waals surface area contributed by atoms with Gasteiger partial charge in [0.15, 0.2) is 12.4 Å². The normalized spacial score (nSPS) is 23.5. The van der Waals surface area contributed by atoms with Crippen molar-refractivity contribution in [1.29, 1.82) is 0 Å². The first kappa shape index (κ1) is 12.5. The zero-order valence-corrected chi connectivity index (χ0v) is 11.7. The molecule has 108 valence electrons. The number of hydroxylamine groups is 2. The Kier molecular flexibility index (Phi) is 2.76. The molecule has 0 saturated carbocycles. The average molecular weight is 305 g/mol. The molecule has 0 aliphatic carbocycles. The highest BCUT2D eigenvalue weighted by Gasteiger charge is 2.52. The lowest BCUT2D eigenvalue weighted by atomic mass is 10.0. The number of amides is 2. The van der Waals surface area contributed by atoms with Gasteiger partial charge in [0.2, 0.25) is 0 Å². The Morgan fingerprint density at radius 3 is 3.24 bits per heavy atom. The van der Waals surface area contributed by atoms with Gasteiger partial charge in [-0.25, -0.2) is 9.78 Å². The zero-order valence-electron chi connectivity index (χ0n) is 10.9. The number of urea groups is 1. The molecule has 8 nitrogen and oxygen atoms in total. The number of fused-ring (bicyclic) bond motifs is 4. The zero-order chi connectivity index (χ0) is 14.4. The first-order valence-corrected chi connectivity index (χ1v) is 7.22. The van der Waals surface area contributed by atoms with Crippen molar-refractivity contribution in [3.8, 4) is 0 Å². The van der Waals surface area contributed by atoms with Gasteiger partial charge in [0.25, 0.3) is 5.89 Å². The van der Waals surface area contributed by atoms with Crippen molar-refractivity contribution in [2.45, 2.75) is 12.1 Å². The fourth-order valence-corrected chi connectivity index (χ4v) is 3.59. The van der Waals surface area contributed by atoms with Crippen LogP contribution >= 0.6 is 11.3 Å². The van der Waals surface area contributed by atoms with Gasteiger partial charge in [-0.1, -0.05) is 11.2 Å². The first-order valence-electron chi connectivity index (χ1n) is 6.34. The Labute approximate surface area is 123 Å². The lowest BCUT2D eigenvalue weighted by Gasteiger charge is -2.26. The molecule has 0 N–H and O–H groups in total. The van der Waals surface area contributed by atoms with E-state index < -0.39 is 6.04 Å². The Morgan fingerprint density at radius 1 is 1.57 bits per heavy atom. The number of hydrogen-bond acceptors (Lipinski definition) is 7. The second-order valence-corrected chi connectivity index (χ2v) is 5.53. The quantitative estimate of drug-likeness (QED) is 0.796. The van der Waals surface area contributed by atoms with E-state index in [2.05, 4.69) is 21.7 Å². The molecule has 2 aliphatic heterocycles. The predicted octanol–water partition coefficient (Wildman–Crippen LogP) is 1.53. The van der Waals surface area contributed by atoms with E-state index in [4.69, 9.17) is 9.36 Å². The van der Waals surface area contributed by atoms with Crippen molar-refractivity contribution in [3.63, 3.8) is 0 Å². The first-order chi connectivity index (χ1) is 10.3. The second kappa shape index (κ2) is 4.64. The fourth-order valence-electron chi connectivity index (χ4n) is 2.70. The van der Waals surface area contributed by atoms with Gasteiger partial charge in [-0.2, -0.15) is 10.0 Å². The summed E-state index contributed by atoms with van der Waals surface area (Å²) < 4.78 is 5.15. The number of carbonyl (C=O) groups is 1. The molecule has 0 spiro atoms. The Bertz CT molecular complexity index is 685. The van der Waals surface area contributed by atoms with Gasteiger partial charge in [0.05, 0.1) is 29.2 Å². The fraction of sp³-hybridized carbons (Fsp3) is 0.333. The highest BCUT2D eigenvalue weighted by Crippen LogP contribution is 2.46. The summed E-state index contributed by atoms with van der Waals surface area (Å²) in [6.07, 6.45) is 2.92. The van der Waals surface area contributed by atoms with Gasteiger partial charge in [-0.05, 0) is 0 Å². The highest BCUT2D eigenvalue weighted by molar-refractivity contribution is 7.09. The lowest BCUT2D eigenvalue weighted by Crippen LogP contribution is -2.35. The van der Waals surface area contributed by atoms with Gasteiger partial charge in [0.1, 0.15) is 6.04 Å². The van der Waals surface area contributed by atoms with Crippen LogP contribution in [0.5, 0.6) is 0 Å². The third-order valence-corrected chi connectivity index (χ3v) is 4.47. The summed E-state index contributed by atoms with van der Waals surface area (Å²) in [6.45, 7) is 4.39. The summed E-state index contributed by atoms with van der Waals surface area (Å²) in [5, 5.41) is 5.01. The molecule has 2 aliphatic rings. The van der Waals surface area contributed by atoms with Gasteiger partial charge in [-0.3, -0.25) is 4.84 Å². The Hall–Kier alpha value is -2.26. The van der Waals surface area contributed by atoms with Crippen molar-refractivity contribution in [3.05, 3.63) is 41.0 Å². The number of hydrogen-bond donors (Lipinski definition) is 0. The van der Waals surface area contributed by atoms with E-state index in [0.717, 1.165) is 10.6 Å². The van der Waals surface area contributed by atoms with Crippen LogP contribution in [0.1, 0.15) is 28.5 Å². The van der Waals surface area contributed by atoms with Crippen LogP contribution in [-0.2, 0) is 4.84 Å². The van der Waals surface area contributed by atoms with E-state index in [1.165, 1.54) is 22.7 Å². The van der Waals surface area contributed by atoms with Gasteiger partial charge < -0.3 is 9.42 Å². The summed E-state index contributed by atoms with van der Waals surface area (Å²) in [7, 11) is 0. The molecule has 4 heterocycles. The molecule has 2 aromatic heterocycles. The summed E-state index contributed by atoms with van der Waals surface area (Å²) in [6, 6.07) is -0.829. The van der Waals surface area contributed by atoms with E-state index in [9.17, 15) is 4.79 Å². The van der Waals surface area contributed by atoms with Crippen LogP contribution in [0.15, 0.2) is 29.0 Å². The van der Waals surface area contributed by atoms with Crippen molar-refractivity contribution >= 4 is 17.4 Å². The number of thiazole rings is 1. The van der Waals surface area contributed by atoms with Gasteiger partial charge >= 0.3 is 6.03 Å². The molecule has 2 unspecified atom stereocenters. The van der Waals surface area contributed by atoms with Crippen LogP contribution in [0.2, 0.25) is 0 Å². The second-order valence-electron chi connectivity index (χ2n) is 4.64. The van der Waals surface area contributed by atoms with Crippen molar-refractivity contribution in [1.82, 2.24) is 25.1 Å². The Balaban J connectivity index is 1.78. The third-order valence-electron chi connectivity index (χ3n) is 3.53. The van der Waals surface area contributed by atoms with Crippen molar-refractivity contribution in [2.24, 2.45) is 0 Å². The van der Waals surface area contributed by atoms with Crippen LogP contribution in [0.25, 0.3) is 0 Å². The molecule has 2 aromatic rings. The molecule has 2 bridgehead atoms.